The van der Waals surface area contributed by atoms with Gasteiger partial charge in [0, 0.05) is 23.6 Å². The lowest BCUT2D eigenvalue weighted by molar-refractivity contribution is -0.136. The predicted molar refractivity (Wildman–Crippen MR) is 120 cm³/mol. The number of benzene rings is 2. The molecule has 3 aromatic heterocycles. The Balaban J connectivity index is 1.74. The number of para-hydroxylation sites is 1. The molecule has 0 aliphatic heterocycles. The van der Waals surface area contributed by atoms with Crippen molar-refractivity contribution in [2.45, 2.75) is 19.1 Å². The maximum absolute atomic E-state index is 13.7. The van der Waals surface area contributed by atoms with Gasteiger partial charge in [-0.2, -0.15) is 22.8 Å². The van der Waals surface area contributed by atoms with Crippen LogP contribution in [-0.4, -0.2) is 19.2 Å². The molecule has 0 fully saturated rings. The van der Waals surface area contributed by atoms with Crippen molar-refractivity contribution < 1.29 is 13.2 Å². The van der Waals surface area contributed by atoms with E-state index in [4.69, 9.17) is 0 Å². The van der Waals surface area contributed by atoms with Crippen LogP contribution in [0.1, 0.15) is 24.2 Å². The van der Waals surface area contributed by atoms with Gasteiger partial charge < -0.3 is 5.32 Å². The molecular weight excluding hydrogens is 431 g/mol. The minimum absolute atomic E-state index is 0.227. The summed E-state index contributed by atoms with van der Waals surface area (Å²) in [6.07, 6.45) is -1.40. The van der Waals surface area contributed by atoms with Gasteiger partial charge in [-0.1, -0.05) is 30.3 Å². The van der Waals surface area contributed by atoms with Gasteiger partial charge in [0.05, 0.1) is 23.2 Å². The number of fused-ring (bicyclic) bond motifs is 2. The summed E-state index contributed by atoms with van der Waals surface area (Å²) < 4.78 is 44.1. The number of halogens is 3. The van der Waals surface area contributed by atoms with Crippen LogP contribution in [0.2, 0.25) is 0 Å². The van der Waals surface area contributed by atoms with Crippen LogP contribution in [0.15, 0.2) is 83.9 Å². The van der Waals surface area contributed by atoms with Gasteiger partial charge in [0.1, 0.15) is 5.82 Å². The first-order valence-corrected chi connectivity index (χ1v) is 10.2. The molecule has 0 spiro atoms. The molecule has 6 nitrogen and oxygen atoms in total. The molecule has 33 heavy (non-hydrogen) atoms. The summed E-state index contributed by atoms with van der Waals surface area (Å²) >= 11 is 0. The third-order valence-electron chi connectivity index (χ3n) is 5.49. The average molecular weight is 449 g/mol. The van der Waals surface area contributed by atoms with Gasteiger partial charge in [-0.25, -0.2) is 4.98 Å². The van der Waals surface area contributed by atoms with Crippen molar-refractivity contribution in [2.24, 2.45) is 0 Å². The number of anilines is 1. The van der Waals surface area contributed by atoms with E-state index in [1.54, 1.807) is 65.4 Å². The fourth-order valence-electron chi connectivity index (χ4n) is 4.02. The maximum Gasteiger partial charge on any atom is 0.417 e. The van der Waals surface area contributed by atoms with Crippen molar-refractivity contribution in [3.8, 4) is 5.69 Å². The third-order valence-corrected chi connectivity index (χ3v) is 5.49. The SMILES string of the molecule is CC(Nc1ccnc2ccnn12)c1cc2cccc(C(F)(F)F)c2c(=O)n1-c1ccccc1. The molecule has 2 aromatic carbocycles. The standard InChI is InChI=1S/C24H18F3N5O/c1-15(30-21-10-12-28-20-11-13-29-32(20)21)19-14-16-6-5-9-18(24(25,26)27)22(16)23(33)31(19)17-7-3-2-4-8-17/h2-15,30H,1H3. The van der Waals surface area contributed by atoms with Crippen molar-refractivity contribution >= 4 is 22.2 Å². The number of hydrogen-bond acceptors (Lipinski definition) is 4. The third kappa shape index (κ3) is 3.61. The normalized spacial score (nSPS) is 12.8. The Morgan fingerprint density at radius 3 is 2.52 bits per heavy atom. The molecule has 0 saturated carbocycles. The van der Waals surface area contributed by atoms with Crippen molar-refractivity contribution in [1.29, 1.82) is 0 Å². The lowest BCUT2D eigenvalue weighted by Gasteiger charge is -2.22. The second-order valence-electron chi connectivity index (χ2n) is 7.61. The average Bonchev–Trinajstić information content (AvgIpc) is 3.28. The summed E-state index contributed by atoms with van der Waals surface area (Å²) in [5, 5.41) is 7.43. The lowest BCUT2D eigenvalue weighted by atomic mass is 10.0. The molecule has 166 valence electrons. The first-order chi connectivity index (χ1) is 15.8. The molecule has 1 unspecified atom stereocenters. The second kappa shape index (κ2) is 7.77. The largest absolute Gasteiger partial charge is 0.417 e. The highest BCUT2D eigenvalue weighted by atomic mass is 19.4. The van der Waals surface area contributed by atoms with E-state index >= 15 is 0 Å². The molecule has 0 aliphatic rings. The molecule has 0 radical (unpaired) electrons. The molecule has 0 amide bonds. The topological polar surface area (TPSA) is 64.2 Å². The van der Waals surface area contributed by atoms with Gasteiger partial charge in [-0.05, 0) is 42.6 Å². The number of aromatic nitrogens is 4. The number of rotatable bonds is 4. The van der Waals surface area contributed by atoms with E-state index in [1.165, 1.54) is 16.7 Å². The van der Waals surface area contributed by atoms with E-state index in [-0.39, 0.29) is 10.8 Å². The zero-order valence-corrected chi connectivity index (χ0v) is 17.4. The number of pyridine rings is 1. The molecular formula is C24H18F3N5O. The fraction of sp³-hybridized carbons (Fsp3) is 0.125. The minimum Gasteiger partial charge on any atom is -0.362 e. The summed E-state index contributed by atoms with van der Waals surface area (Å²) in [6, 6.07) is 17.1. The number of alkyl halides is 3. The zero-order chi connectivity index (χ0) is 23.2. The van der Waals surface area contributed by atoms with E-state index in [0.717, 1.165) is 6.07 Å². The molecule has 1 N–H and O–H groups in total. The first-order valence-electron chi connectivity index (χ1n) is 10.2. The summed E-state index contributed by atoms with van der Waals surface area (Å²) in [5.74, 6) is 0.633. The Morgan fingerprint density at radius 1 is 0.970 bits per heavy atom. The van der Waals surface area contributed by atoms with Crippen LogP contribution in [0.4, 0.5) is 19.0 Å². The quantitative estimate of drug-likeness (QED) is 0.408. The van der Waals surface area contributed by atoms with E-state index in [9.17, 15) is 18.0 Å². The maximum atomic E-state index is 13.7. The molecule has 5 aromatic rings. The first kappa shape index (κ1) is 20.7. The van der Waals surface area contributed by atoms with Crippen molar-refractivity contribution in [2.75, 3.05) is 5.32 Å². The predicted octanol–water partition coefficient (Wildman–Crippen LogP) is 5.23. The van der Waals surface area contributed by atoms with Crippen LogP contribution >= 0.6 is 0 Å². The van der Waals surface area contributed by atoms with E-state index in [2.05, 4.69) is 15.4 Å². The molecule has 1 atom stereocenters. The Bertz CT molecular complexity index is 1520. The van der Waals surface area contributed by atoms with E-state index in [1.807, 2.05) is 6.92 Å². The van der Waals surface area contributed by atoms with Crippen LogP contribution in [-0.2, 0) is 6.18 Å². The zero-order valence-electron chi connectivity index (χ0n) is 17.4. The van der Waals surface area contributed by atoms with Gasteiger partial charge >= 0.3 is 6.18 Å². The van der Waals surface area contributed by atoms with Gasteiger partial charge in [0.25, 0.3) is 5.56 Å². The number of hydrogen-bond donors (Lipinski definition) is 1. The van der Waals surface area contributed by atoms with E-state index in [0.29, 0.717) is 22.8 Å². The van der Waals surface area contributed by atoms with E-state index < -0.39 is 23.3 Å². The van der Waals surface area contributed by atoms with Crippen LogP contribution in [0.3, 0.4) is 0 Å². The Hall–Kier alpha value is -4.14. The second-order valence-corrected chi connectivity index (χ2v) is 7.61. The lowest BCUT2D eigenvalue weighted by Crippen LogP contribution is -2.27. The fourth-order valence-corrected chi connectivity index (χ4v) is 4.02. The van der Waals surface area contributed by atoms with Crippen LogP contribution in [0.25, 0.3) is 22.1 Å². The summed E-state index contributed by atoms with van der Waals surface area (Å²) in [5.41, 5.74) is -0.0522. The van der Waals surface area contributed by atoms with Crippen molar-refractivity contribution in [3.63, 3.8) is 0 Å². The molecule has 5 rings (SSSR count). The smallest absolute Gasteiger partial charge is 0.362 e. The van der Waals surface area contributed by atoms with Gasteiger partial charge in [0.2, 0.25) is 0 Å². The summed E-state index contributed by atoms with van der Waals surface area (Å²) in [7, 11) is 0. The number of nitrogens with one attached hydrogen (secondary N) is 1. The summed E-state index contributed by atoms with van der Waals surface area (Å²) in [4.78, 5) is 17.8. The van der Waals surface area contributed by atoms with Crippen LogP contribution in [0.5, 0.6) is 0 Å². The summed E-state index contributed by atoms with van der Waals surface area (Å²) in [6.45, 7) is 1.84. The monoisotopic (exact) mass is 449 g/mol. The highest BCUT2D eigenvalue weighted by Crippen LogP contribution is 2.34. The molecule has 0 bridgehead atoms. The van der Waals surface area contributed by atoms with Crippen molar-refractivity contribution in [1.82, 2.24) is 19.2 Å². The van der Waals surface area contributed by atoms with Gasteiger partial charge in [0.15, 0.2) is 5.65 Å². The Labute approximate surface area is 185 Å². The van der Waals surface area contributed by atoms with Crippen molar-refractivity contribution in [3.05, 3.63) is 101 Å². The van der Waals surface area contributed by atoms with Crippen LogP contribution in [0, 0.1) is 0 Å². The highest BCUT2D eigenvalue weighted by Gasteiger charge is 2.34. The minimum atomic E-state index is -4.65. The Morgan fingerprint density at radius 2 is 1.76 bits per heavy atom. The molecule has 9 heteroatoms. The van der Waals surface area contributed by atoms with Gasteiger partial charge in [-0.3, -0.25) is 9.36 Å². The highest BCUT2D eigenvalue weighted by molar-refractivity contribution is 5.86. The van der Waals surface area contributed by atoms with Crippen LogP contribution < -0.4 is 10.9 Å². The number of nitrogens with zero attached hydrogens (tertiary/aromatic N) is 4. The molecule has 3 heterocycles. The van der Waals surface area contributed by atoms with Gasteiger partial charge in [-0.15, -0.1) is 0 Å². The molecule has 0 saturated heterocycles. The Kier molecular flexibility index (Phi) is 4.88. The molecule has 0 aliphatic carbocycles.